The van der Waals surface area contributed by atoms with Crippen LogP contribution >= 0.6 is 0 Å². The Balaban J connectivity index is 3.32. The van der Waals surface area contributed by atoms with Gasteiger partial charge < -0.3 is 10.1 Å². The zero-order valence-corrected chi connectivity index (χ0v) is 8.31. The molecule has 0 saturated heterocycles. The van der Waals surface area contributed by atoms with Crippen molar-refractivity contribution in [1.82, 2.24) is 5.32 Å². The molecule has 1 unspecified atom stereocenters. The van der Waals surface area contributed by atoms with Gasteiger partial charge in [0.1, 0.15) is 0 Å². The van der Waals surface area contributed by atoms with Crippen molar-refractivity contribution >= 4 is 0 Å². The summed E-state index contributed by atoms with van der Waals surface area (Å²) in [6, 6.07) is 0. The summed E-state index contributed by atoms with van der Waals surface area (Å²) in [5.74, 6) is 0. The zero-order valence-electron chi connectivity index (χ0n) is 8.31. The van der Waals surface area contributed by atoms with Gasteiger partial charge in [-0.3, -0.25) is 0 Å². The van der Waals surface area contributed by atoms with Gasteiger partial charge in [0, 0.05) is 6.54 Å². The van der Waals surface area contributed by atoms with Crippen molar-refractivity contribution in [2.75, 3.05) is 19.7 Å². The highest BCUT2D eigenvalue weighted by Gasteiger charge is 2.03. The van der Waals surface area contributed by atoms with Crippen molar-refractivity contribution in [2.24, 2.45) is 0 Å². The van der Waals surface area contributed by atoms with Crippen LogP contribution in [0.3, 0.4) is 0 Å². The number of rotatable bonds is 8. The van der Waals surface area contributed by atoms with Gasteiger partial charge in [0.25, 0.3) is 0 Å². The molecule has 0 aliphatic carbocycles. The molecule has 0 aromatic carbocycles. The molecule has 0 aliphatic heterocycles. The molecule has 0 aliphatic rings. The Labute approximate surface area is 76.0 Å². The second-order valence-corrected chi connectivity index (χ2v) is 2.79. The molecule has 0 saturated carbocycles. The van der Waals surface area contributed by atoms with E-state index in [1.165, 1.54) is 0 Å². The molecule has 1 N–H and O–H groups in total. The minimum atomic E-state index is 0.366. The largest absolute Gasteiger partial charge is 0.377 e. The van der Waals surface area contributed by atoms with Gasteiger partial charge in [-0.05, 0) is 19.4 Å². The molecule has 2 heteroatoms. The molecule has 1 atom stereocenters. The summed E-state index contributed by atoms with van der Waals surface area (Å²) in [5.41, 5.74) is 0. The van der Waals surface area contributed by atoms with Crippen LogP contribution in [0.25, 0.3) is 0 Å². The van der Waals surface area contributed by atoms with E-state index in [9.17, 15) is 0 Å². The standard InChI is InChI=1S/C10H21NO/c1-4-7-8-12-10(5-2)9-11-6-3/h4,10-11H,1,5-9H2,2-3H3. The molecule has 0 aromatic heterocycles. The van der Waals surface area contributed by atoms with E-state index in [1.807, 2.05) is 6.08 Å². The topological polar surface area (TPSA) is 21.3 Å². The predicted octanol–water partition coefficient (Wildman–Crippen LogP) is 1.97. The Bertz CT molecular complexity index is 104. The van der Waals surface area contributed by atoms with Gasteiger partial charge >= 0.3 is 0 Å². The van der Waals surface area contributed by atoms with Crippen molar-refractivity contribution < 1.29 is 4.74 Å². The maximum atomic E-state index is 5.60. The lowest BCUT2D eigenvalue weighted by molar-refractivity contribution is 0.0543. The summed E-state index contributed by atoms with van der Waals surface area (Å²) in [6.45, 7) is 10.7. The van der Waals surface area contributed by atoms with E-state index >= 15 is 0 Å². The molecule has 0 radical (unpaired) electrons. The molecular formula is C10H21NO. The van der Waals surface area contributed by atoms with Crippen LogP contribution in [0.5, 0.6) is 0 Å². The van der Waals surface area contributed by atoms with Gasteiger partial charge in [0.05, 0.1) is 12.7 Å². The second kappa shape index (κ2) is 8.75. The summed E-state index contributed by atoms with van der Waals surface area (Å²) < 4.78 is 5.60. The number of hydrogen-bond donors (Lipinski definition) is 1. The highest BCUT2D eigenvalue weighted by atomic mass is 16.5. The van der Waals surface area contributed by atoms with Crippen LogP contribution in [-0.4, -0.2) is 25.8 Å². The first kappa shape index (κ1) is 11.7. The highest BCUT2D eigenvalue weighted by molar-refractivity contribution is 4.66. The van der Waals surface area contributed by atoms with Crippen molar-refractivity contribution in [3.63, 3.8) is 0 Å². The van der Waals surface area contributed by atoms with Crippen LogP contribution in [0, 0.1) is 0 Å². The third kappa shape index (κ3) is 6.38. The van der Waals surface area contributed by atoms with Gasteiger partial charge in [0.2, 0.25) is 0 Å². The molecule has 0 aromatic rings. The van der Waals surface area contributed by atoms with E-state index in [4.69, 9.17) is 4.74 Å². The average Bonchev–Trinajstić information content (AvgIpc) is 2.11. The van der Waals surface area contributed by atoms with Crippen LogP contribution in [0.1, 0.15) is 26.7 Å². The Kier molecular flexibility index (Phi) is 8.51. The van der Waals surface area contributed by atoms with Gasteiger partial charge in [-0.15, -0.1) is 6.58 Å². The Morgan fingerprint density at radius 1 is 1.50 bits per heavy atom. The van der Waals surface area contributed by atoms with Gasteiger partial charge in [-0.2, -0.15) is 0 Å². The minimum Gasteiger partial charge on any atom is -0.377 e. The smallest absolute Gasteiger partial charge is 0.0696 e. The summed E-state index contributed by atoms with van der Waals surface area (Å²) in [4.78, 5) is 0. The molecule has 0 spiro atoms. The van der Waals surface area contributed by atoms with E-state index in [-0.39, 0.29) is 0 Å². The third-order valence-corrected chi connectivity index (χ3v) is 1.75. The first-order valence-electron chi connectivity index (χ1n) is 4.78. The van der Waals surface area contributed by atoms with E-state index in [0.717, 1.165) is 32.5 Å². The lowest BCUT2D eigenvalue weighted by atomic mass is 10.3. The van der Waals surface area contributed by atoms with Crippen LogP contribution in [0.15, 0.2) is 12.7 Å². The molecule has 0 heterocycles. The summed E-state index contributed by atoms with van der Waals surface area (Å²) >= 11 is 0. The summed E-state index contributed by atoms with van der Waals surface area (Å²) in [6.07, 6.45) is 4.28. The summed E-state index contributed by atoms with van der Waals surface area (Å²) in [7, 11) is 0. The molecular weight excluding hydrogens is 150 g/mol. The van der Waals surface area contributed by atoms with Crippen LogP contribution in [0.2, 0.25) is 0 Å². The first-order valence-corrected chi connectivity index (χ1v) is 4.78. The number of ether oxygens (including phenoxy) is 1. The Morgan fingerprint density at radius 2 is 2.25 bits per heavy atom. The van der Waals surface area contributed by atoms with Crippen LogP contribution < -0.4 is 5.32 Å². The minimum absolute atomic E-state index is 0.366. The second-order valence-electron chi connectivity index (χ2n) is 2.79. The highest BCUT2D eigenvalue weighted by Crippen LogP contribution is 1.97. The fraction of sp³-hybridized carbons (Fsp3) is 0.800. The normalized spacial score (nSPS) is 12.8. The molecule has 0 rings (SSSR count). The number of likely N-dealkylation sites (N-methyl/N-ethyl adjacent to an activating group) is 1. The Morgan fingerprint density at radius 3 is 2.75 bits per heavy atom. The lowest BCUT2D eigenvalue weighted by Crippen LogP contribution is -2.28. The maximum absolute atomic E-state index is 5.60. The fourth-order valence-electron chi connectivity index (χ4n) is 0.944. The molecule has 0 bridgehead atoms. The molecule has 12 heavy (non-hydrogen) atoms. The van der Waals surface area contributed by atoms with Gasteiger partial charge in [-0.1, -0.05) is 19.9 Å². The Hall–Kier alpha value is -0.340. The summed E-state index contributed by atoms with van der Waals surface area (Å²) in [5, 5.41) is 3.28. The number of nitrogens with one attached hydrogen (secondary N) is 1. The van der Waals surface area contributed by atoms with E-state index in [0.29, 0.717) is 6.10 Å². The van der Waals surface area contributed by atoms with Crippen LogP contribution in [0.4, 0.5) is 0 Å². The zero-order chi connectivity index (χ0) is 9.23. The lowest BCUT2D eigenvalue weighted by Gasteiger charge is -2.15. The molecule has 2 nitrogen and oxygen atoms in total. The van der Waals surface area contributed by atoms with Crippen molar-refractivity contribution in [1.29, 1.82) is 0 Å². The van der Waals surface area contributed by atoms with Crippen molar-refractivity contribution in [2.45, 2.75) is 32.8 Å². The van der Waals surface area contributed by atoms with Gasteiger partial charge in [0.15, 0.2) is 0 Å². The van der Waals surface area contributed by atoms with Gasteiger partial charge in [-0.25, -0.2) is 0 Å². The molecule has 0 fully saturated rings. The molecule has 0 amide bonds. The van der Waals surface area contributed by atoms with Crippen molar-refractivity contribution in [3.8, 4) is 0 Å². The quantitative estimate of drug-likeness (QED) is 0.445. The first-order chi connectivity index (χ1) is 5.85. The monoisotopic (exact) mass is 171 g/mol. The third-order valence-electron chi connectivity index (χ3n) is 1.75. The van der Waals surface area contributed by atoms with Crippen LogP contribution in [-0.2, 0) is 4.74 Å². The van der Waals surface area contributed by atoms with E-state index < -0.39 is 0 Å². The predicted molar refractivity (Wildman–Crippen MR) is 53.4 cm³/mol. The molecule has 72 valence electrons. The fourth-order valence-corrected chi connectivity index (χ4v) is 0.944. The average molecular weight is 171 g/mol. The van der Waals surface area contributed by atoms with E-state index in [2.05, 4.69) is 25.7 Å². The SMILES string of the molecule is C=CCCOC(CC)CNCC. The number of hydrogen-bond acceptors (Lipinski definition) is 2. The maximum Gasteiger partial charge on any atom is 0.0696 e. The van der Waals surface area contributed by atoms with Crippen molar-refractivity contribution in [3.05, 3.63) is 12.7 Å². The van der Waals surface area contributed by atoms with E-state index in [1.54, 1.807) is 0 Å².